The molecule has 0 spiro atoms. The topological polar surface area (TPSA) is 112 Å². The molecule has 0 saturated heterocycles. The molecular weight excluding hydrogens is 455 g/mol. The summed E-state index contributed by atoms with van der Waals surface area (Å²) in [6, 6.07) is 11.4. The van der Waals surface area contributed by atoms with Crippen molar-refractivity contribution in [2.75, 3.05) is 17.3 Å². The first-order valence-electron chi connectivity index (χ1n) is 9.42. The van der Waals surface area contributed by atoms with E-state index < -0.39 is 11.7 Å². The van der Waals surface area contributed by atoms with Crippen LogP contribution in [0, 0.1) is 12.7 Å². The van der Waals surface area contributed by atoms with Crippen LogP contribution in [-0.2, 0) is 11.3 Å². The zero-order valence-corrected chi connectivity index (χ0v) is 18.7. The summed E-state index contributed by atoms with van der Waals surface area (Å²) in [5, 5.41) is 11.7. The monoisotopic (exact) mass is 472 g/mol. The molecule has 0 aliphatic heterocycles. The number of hydrogen-bond acceptors (Lipinski definition) is 7. The Morgan fingerprint density at radius 2 is 2.03 bits per heavy atom. The van der Waals surface area contributed by atoms with Crippen molar-refractivity contribution in [1.29, 1.82) is 0 Å². The maximum Gasteiger partial charge on any atom is 0.264 e. The molecule has 164 valence electrons. The van der Waals surface area contributed by atoms with Gasteiger partial charge in [0.15, 0.2) is 0 Å². The van der Waals surface area contributed by atoms with Gasteiger partial charge in [0.05, 0.1) is 10.7 Å². The first kappa shape index (κ1) is 21.8. The second kappa shape index (κ2) is 9.01. The quantitative estimate of drug-likeness (QED) is 0.393. The first-order valence-corrected chi connectivity index (χ1v) is 11.0. The van der Waals surface area contributed by atoms with Gasteiger partial charge in [0.1, 0.15) is 28.8 Å². The Morgan fingerprint density at radius 1 is 1.28 bits per heavy atom. The fourth-order valence-corrected chi connectivity index (χ4v) is 3.77. The number of aryl methyl sites for hydroxylation is 1. The molecule has 0 fully saturated rings. The minimum Gasteiger partial charge on any atom is -0.383 e. The lowest BCUT2D eigenvalue weighted by Gasteiger charge is -2.08. The molecule has 0 atom stereocenters. The highest BCUT2D eigenvalue weighted by atomic mass is 35.5. The molecule has 2 aromatic heterocycles. The van der Waals surface area contributed by atoms with Crippen LogP contribution in [0.25, 0.3) is 22.8 Å². The average molecular weight is 473 g/mol. The van der Waals surface area contributed by atoms with Crippen LogP contribution in [0.2, 0.25) is 5.02 Å². The number of anilines is 2. The summed E-state index contributed by atoms with van der Waals surface area (Å²) in [4.78, 5) is 16.9. The molecule has 0 unspecified atom stereocenters. The third-order valence-electron chi connectivity index (χ3n) is 4.60. The number of carbonyl (C=O) groups is 1. The summed E-state index contributed by atoms with van der Waals surface area (Å²) >= 11 is 7.30. The highest BCUT2D eigenvalue weighted by Gasteiger charge is 2.24. The van der Waals surface area contributed by atoms with Gasteiger partial charge in [-0.2, -0.15) is 10.1 Å². The minimum absolute atomic E-state index is 0.0896. The Bertz CT molecular complexity index is 1290. The number of halogens is 2. The molecule has 3 N–H and O–H groups in total. The predicted octanol–water partition coefficient (Wildman–Crippen LogP) is 4.64. The van der Waals surface area contributed by atoms with Crippen LogP contribution in [0.1, 0.15) is 5.56 Å². The Balaban J connectivity index is 1.58. The summed E-state index contributed by atoms with van der Waals surface area (Å²) < 4.78 is 20.0. The van der Waals surface area contributed by atoms with Crippen molar-refractivity contribution in [3.8, 4) is 22.8 Å². The molecule has 11 heteroatoms. The summed E-state index contributed by atoms with van der Waals surface area (Å²) in [6.07, 6.45) is 1.82. The van der Waals surface area contributed by atoms with Crippen LogP contribution < -0.4 is 11.1 Å². The van der Waals surface area contributed by atoms with Gasteiger partial charge in [0.2, 0.25) is 11.7 Å². The predicted molar refractivity (Wildman–Crippen MR) is 122 cm³/mol. The van der Waals surface area contributed by atoms with Crippen molar-refractivity contribution in [1.82, 2.24) is 19.9 Å². The lowest BCUT2D eigenvalue weighted by molar-refractivity contribution is -0.116. The summed E-state index contributed by atoms with van der Waals surface area (Å²) in [6.45, 7) is 1.80. The van der Waals surface area contributed by atoms with Gasteiger partial charge in [-0.1, -0.05) is 46.6 Å². The molecule has 0 bridgehead atoms. The van der Waals surface area contributed by atoms with Crippen LogP contribution in [-0.4, -0.2) is 32.1 Å². The van der Waals surface area contributed by atoms with Gasteiger partial charge >= 0.3 is 0 Å². The van der Waals surface area contributed by atoms with E-state index in [1.165, 1.54) is 28.6 Å². The van der Waals surface area contributed by atoms with Gasteiger partial charge in [0, 0.05) is 5.56 Å². The van der Waals surface area contributed by atoms with Gasteiger partial charge < -0.3 is 15.6 Å². The Hall–Kier alpha value is -3.37. The smallest absolute Gasteiger partial charge is 0.264 e. The molecule has 8 nitrogen and oxygen atoms in total. The van der Waals surface area contributed by atoms with E-state index in [2.05, 4.69) is 20.6 Å². The van der Waals surface area contributed by atoms with Crippen molar-refractivity contribution in [2.45, 2.75) is 18.5 Å². The Labute approximate surface area is 191 Å². The summed E-state index contributed by atoms with van der Waals surface area (Å²) in [5.41, 5.74) is 8.94. The normalized spacial score (nSPS) is 11.0. The van der Waals surface area contributed by atoms with E-state index in [-0.39, 0.29) is 29.0 Å². The SMILES string of the molecule is CSc1nn(CC(=O)Nc2ccc(F)cc2Cl)c(N)c1-c1nc(-c2ccc(C)cc2)no1. The van der Waals surface area contributed by atoms with Gasteiger partial charge in [-0.3, -0.25) is 4.79 Å². The number of nitrogens with zero attached hydrogens (tertiary/aromatic N) is 4. The van der Waals surface area contributed by atoms with E-state index in [0.29, 0.717) is 16.4 Å². The zero-order valence-electron chi connectivity index (χ0n) is 17.1. The summed E-state index contributed by atoms with van der Waals surface area (Å²) in [5.74, 6) is -0.103. The highest BCUT2D eigenvalue weighted by Crippen LogP contribution is 2.35. The van der Waals surface area contributed by atoms with Gasteiger partial charge in [0.25, 0.3) is 5.89 Å². The Kier molecular flexibility index (Phi) is 6.15. The van der Waals surface area contributed by atoms with Gasteiger partial charge in [-0.05, 0) is 31.4 Å². The molecule has 2 aromatic carbocycles. The van der Waals surface area contributed by atoms with E-state index in [0.717, 1.165) is 17.2 Å². The number of thioether (sulfide) groups is 1. The third-order valence-corrected chi connectivity index (χ3v) is 5.59. The fourth-order valence-electron chi connectivity index (χ4n) is 2.98. The largest absolute Gasteiger partial charge is 0.383 e. The number of benzene rings is 2. The molecule has 0 aliphatic rings. The first-order chi connectivity index (χ1) is 15.4. The van der Waals surface area contributed by atoms with E-state index in [1.807, 2.05) is 37.4 Å². The van der Waals surface area contributed by atoms with Crippen molar-refractivity contribution in [3.63, 3.8) is 0 Å². The zero-order chi connectivity index (χ0) is 22.8. The van der Waals surface area contributed by atoms with Crippen LogP contribution >= 0.6 is 23.4 Å². The van der Waals surface area contributed by atoms with Crippen molar-refractivity contribution in [2.24, 2.45) is 0 Å². The van der Waals surface area contributed by atoms with Crippen molar-refractivity contribution < 1.29 is 13.7 Å². The second-order valence-electron chi connectivity index (χ2n) is 6.89. The van der Waals surface area contributed by atoms with Gasteiger partial charge in [-0.15, -0.1) is 11.8 Å². The average Bonchev–Trinajstić information content (AvgIpc) is 3.35. The molecule has 0 radical (unpaired) electrons. The second-order valence-corrected chi connectivity index (χ2v) is 8.09. The summed E-state index contributed by atoms with van der Waals surface area (Å²) in [7, 11) is 0. The molecule has 32 heavy (non-hydrogen) atoms. The van der Waals surface area contributed by atoms with Crippen LogP contribution in [0.5, 0.6) is 0 Å². The molecule has 1 amide bonds. The fraction of sp³-hybridized carbons (Fsp3) is 0.143. The maximum absolute atomic E-state index is 13.2. The number of aromatic nitrogens is 4. The van der Waals surface area contributed by atoms with E-state index in [1.54, 1.807) is 0 Å². The van der Waals surface area contributed by atoms with Crippen LogP contribution in [0.15, 0.2) is 52.0 Å². The number of hydrogen-bond donors (Lipinski definition) is 2. The molecule has 4 rings (SSSR count). The number of nitrogens with one attached hydrogen (secondary N) is 1. The maximum atomic E-state index is 13.2. The van der Waals surface area contributed by atoms with Gasteiger partial charge in [-0.25, -0.2) is 9.07 Å². The standard InChI is InChI=1S/C21H18ClFN6O2S/c1-11-3-5-12(6-4-11)19-26-20(31-28-19)17-18(24)29(27-21(17)32-2)10-16(30)25-15-8-7-13(23)9-14(15)22/h3-9H,10,24H2,1-2H3,(H,25,30). The van der Waals surface area contributed by atoms with Crippen LogP contribution in [0.4, 0.5) is 15.9 Å². The molecule has 2 heterocycles. The van der Waals surface area contributed by atoms with E-state index >= 15 is 0 Å². The Morgan fingerprint density at radius 3 is 2.72 bits per heavy atom. The number of nitrogen functional groups attached to an aromatic ring is 1. The minimum atomic E-state index is -0.497. The lowest BCUT2D eigenvalue weighted by Crippen LogP contribution is -2.20. The van der Waals surface area contributed by atoms with E-state index in [9.17, 15) is 9.18 Å². The highest BCUT2D eigenvalue weighted by molar-refractivity contribution is 7.98. The van der Waals surface area contributed by atoms with E-state index in [4.69, 9.17) is 21.9 Å². The number of carbonyl (C=O) groups excluding carboxylic acids is 1. The molecular formula is C21H18ClFN6O2S. The number of nitrogens with two attached hydrogens (primary N) is 1. The van der Waals surface area contributed by atoms with Crippen molar-refractivity contribution in [3.05, 3.63) is 58.9 Å². The van der Waals surface area contributed by atoms with Crippen LogP contribution in [0.3, 0.4) is 0 Å². The third kappa shape index (κ3) is 4.46. The lowest BCUT2D eigenvalue weighted by atomic mass is 10.1. The molecule has 0 aliphatic carbocycles. The molecule has 4 aromatic rings. The van der Waals surface area contributed by atoms with Crippen molar-refractivity contribution >= 4 is 40.8 Å². The molecule has 0 saturated carbocycles. The number of rotatable bonds is 6. The number of amides is 1.